The first kappa shape index (κ1) is 18.1. The number of hydrogen-bond acceptors (Lipinski definition) is 5. The normalized spacial score (nSPS) is 26.0. The van der Waals surface area contributed by atoms with Crippen molar-refractivity contribution in [2.24, 2.45) is 18.9 Å². The summed E-state index contributed by atoms with van der Waals surface area (Å²) < 4.78 is 21.9. The summed E-state index contributed by atoms with van der Waals surface area (Å²) in [5, 5.41) is 19.8. The molecule has 2 aliphatic rings. The third-order valence-electron chi connectivity index (χ3n) is 6.34. The molecule has 0 radical (unpaired) electrons. The van der Waals surface area contributed by atoms with Gasteiger partial charge in [-0.15, -0.1) is 10.2 Å². The molecule has 2 saturated carbocycles. The number of alkyl halides is 1. The van der Waals surface area contributed by atoms with Gasteiger partial charge in [-0.3, -0.25) is 4.79 Å². The predicted molar refractivity (Wildman–Crippen MR) is 107 cm³/mol. The van der Waals surface area contributed by atoms with E-state index in [9.17, 15) is 14.3 Å². The number of phenolic OH excluding ortho intramolecular Hbond substituents is 1. The van der Waals surface area contributed by atoms with Crippen molar-refractivity contribution in [2.75, 3.05) is 0 Å². The zero-order valence-electron chi connectivity index (χ0n) is 16.1. The number of benzene rings is 1. The number of aromatic nitrogens is 3. The van der Waals surface area contributed by atoms with E-state index in [-0.39, 0.29) is 23.1 Å². The van der Waals surface area contributed by atoms with Crippen LogP contribution in [0.2, 0.25) is 0 Å². The zero-order valence-corrected chi connectivity index (χ0v) is 16.1. The van der Waals surface area contributed by atoms with Gasteiger partial charge < -0.3 is 14.4 Å². The number of phenols is 1. The Kier molecular flexibility index (Phi) is 4.26. The first-order valence-corrected chi connectivity index (χ1v) is 9.97. The van der Waals surface area contributed by atoms with Crippen molar-refractivity contribution >= 4 is 10.8 Å². The summed E-state index contributed by atoms with van der Waals surface area (Å²) in [6.45, 7) is 0. The summed E-state index contributed by atoms with van der Waals surface area (Å²) in [4.78, 5) is 12.4. The van der Waals surface area contributed by atoms with Crippen molar-refractivity contribution < 1.29 is 14.2 Å². The summed E-state index contributed by atoms with van der Waals surface area (Å²) in [6, 6.07) is 8.24. The van der Waals surface area contributed by atoms with Gasteiger partial charge in [0.2, 0.25) is 5.88 Å². The van der Waals surface area contributed by atoms with Crippen molar-refractivity contribution in [3.8, 4) is 22.9 Å². The maximum atomic E-state index is 14.6. The lowest BCUT2D eigenvalue weighted by atomic mass is 9.85. The SMILES string of the molecule is Cn1ccc2cc(O)c(-c3ccc(O[C@@H]4C[C@H]5CC[C@H](C5)[C@@H]4F)nn3)cc2c1=O. The van der Waals surface area contributed by atoms with E-state index in [1.54, 1.807) is 43.6 Å². The molecule has 0 aliphatic heterocycles. The minimum absolute atomic E-state index is 0.0152. The van der Waals surface area contributed by atoms with Crippen LogP contribution in [0.3, 0.4) is 0 Å². The minimum Gasteiger partial charge on any atom is -0.507 e. The molecule has 2 heterocycles. The van der Waals surface area contributed by atoms with Gasteiger partial charge in [0.05, 0.1) is 5.69 Å². The molecule has 7 heteroatoms. The molecular formula is C22H22FN3O3. The van der Waals surface area contributed by atoms with Gasteiger partial charge in [0.1, 0.15) is 18.0 Å². The first-order chi connectivity index (χ1) is 14.0. The van der Waals surface area contributed by atoms with E-state index in [1.807, 2.05) is 0 Å². The zero-order chi connectivity index (χ0) is 20.1. The molecule has 3 aromatic rings. The lowest BCUT2D eigenvalue weighted by molar-refractivity contribution is 0.0223. The molecule has 0 saturated heterocycles. The molecule has 2 fully saturated rings. The number of fused-ring (bicyclic) bond motifs is 3. The van der Waals surface area contributed by atoms with Crippen LogP contribution in [-0.4, -0.2) is 32.1 Å². The van der Waals surface area contributed by atoms with E-state index in [1.165, 1.54) is 4.57 Å². The Labute approximate surface area is 167 Å². The molecule has 29 heavy (non-hydrogen) atoms. The molecular weight excluding hydrogens is 373 g/mol. The van der Waals surface area contributed by atoms with Crippen molar-refractivity contribution in [1.29, 1.82) is 0 Å². The Morgan fingerprint density at radius 2 is 2.03 bits per heavy atom. The van der Waals surface area contributed by atoms with E-state index < -0.39 is 12.3 Å². The lowest BCUT2D eigenvalue weighted by Crippen LogP contribution is -2.38. The standard InChI is InChI=1S/C22H22FN3O3/c1-26-7-6-13-10-18(27)16(11-15(13)22(26)28)17-4-5-20(25-24-17)29-19-9-12-2-3-14(8-12)21(19)23/h4-7,10-12,14,19,21,27H,2-3,8-9H2,1H3/t12-,14+,19+,21-/m0/s1. The van der Waals surface area contributed by atoms with Gasteiger partial charge in [0.25, 0.3) is 5.56 Å². The van der Waals surface area contributed by atoms with Crippen LogP contribution in [0.15, 0.2) is 41.3 Å². The third-order valence-corrected chi connectivity index (χ3v) is 6.34. The Hall–Kier alpha value is -2.96. The highest BCUT2D eigenvalue weighted by atomic mass is 19.1. The monoisotopic (exact) mass is 395 g/mol. The Balaban J connectivity index is 1.42. The van der Waals surface area contributed by atoms with E-state index in [2.05, 4.69) is 10.2 Å². The molecule has 6 nitrogen and oxygen atoms in total. The number of hydrogen-bond donors (Lipinski definition) is 1. The van der Waals surface area contributed by atoms with Crippen molar-refractivity contribution in [2.45, 2.75) is 38.0 Å². The second kappa shape index (κ2) is 6.83. The second-order valence-electron chi connectivity index (χ2n) is 8.22. The van der Waals surface area contributed by atoms with E-state index in [4.69, 9.17) is 4.74 Å². The molecule has 2 aliphatic carbocycles. The van der Waals surface area contributed by atoms with Crippen LogP contribution >= 0.6 is 0 Å². The summed E-state index contributed by atoms with van der Waals surface area (Å²) in [5.74, 6) is 0.935. The van der Waals surface area contributed by atoms with Crippen LogP contribution in [0.1, 0.15) is 25.7 Å². The van der Waals surface area contributed by atoms with Gasteiger partial charge in [-0.25, -0.2) is 4.39 Å². The summed E-state index contributed by atoms with van der Waals surface area (Å²) >= 11 is 0. The number of pyridine rings is 1. The highest BCUT2D eigenvalue weighted by Gasteiger charge is 2.43. The van der Waals surface area contributed by atoms with Crippen molar-refractivity contribution in [3.63, 3.8) is 0 Å². The largest absolute Gasteiger partial charge is 0.507 e. The van der Waals surface area contributed by atoms with Crippen molar-refractivity contribution in [1.82, 2.24) is 14.8 Å². The molecule has 150 valence electrons. The van der Waals surface area contributed by atoms with Crippen LogP contribution in [0.4, 0.5) is 4.39 Å². The van der Waals surface area contributed by atoms with Crippen LogP contribution in [0, 0.1) is 11.8 Å². The number of halogens is 1. The maximum absolute atomic E-state index is 14.6. The second-order valence-corrected chi connectivity index (χ2v) is 8.22. The van der Waals surface area contributed by atoms with E-state index >= 15 is 0 Å². The average molecular weight is 395 g/mol. The minimum atomic E-state index is -0.962. The molecule has 0 amide bonds. The maximum Gasteiger partial charge on any atom is 0.258 e. The topological polar surface area (TPSA) is 77.2 Å². The Morgan fingerprint density at radius 3 is 2.83 bits per heavy atom. The fourth-order valence-corrected chi connectivity index (χ4v) is 4.76. The van der Waals surface area contributed by atoms with Gasteiger partial charge in [-0.05, 0) is 67.2 Å². The van der Waals surface area contributed by atoms with Crippen LogP contribution < -0.4 is 10.3 Å². The Bertz CT molecular complexity index is 1130. The average Bonchev–Trinajstić information content (AvgIpc) is 3.13. The van der Waals surface area contributed by atoms with Gasteiger partial charge in [-0.1, -0.05) is 0 Å². The van der Waals surface area contributed by atoms with Crippen LogP contribution in [0.5, 0.6) is 11.6 Å². The quantitative estimate of drug-likeness (QED) is 0.733. The molecule has 0 spiro atoms. The molecule has 0 unspecified atom stereocenters. The summed E-state index contributed by atoms with van der Waals surface area (Å²) in [6.07, 6.45) is 3.93. The highest BCUT2D eigenvalue weighted by Crippen LogP contribution is 2.44. The van der Waals surface area contributed by atoms with Gasteiger partial charge >= 0.3 is 0 Å². The highest BCUT2D eigenvalue weighted by molar-refractivity contribution is 5.89. The summed E-state index contributed by atoms with van der Waals surface area (Å²) in [5.41, 5.74) is 0.680. The number of ether oxygens (including phenoxy) is 1. The summed E-state index contributed by atoms with van der Waals surface area (Å²) in [7, 11) is 1.68. The molecule has 1 N–H and O–H groups in total. The number of aromatic hydroxyl groups is 1. The molecule has 5 rings (SSSR count). The van der Waals surface area contributed by atoms with E-state index in [0.717, 1.165) is 25.7 Å². The van der Waals surface area contributed by atoms with Gasteiger partial charge in [0.15, 0.2) is 0 Å². The van der Waals surface area contributed by atoms with Crippen LogP contribution in [0.25, 0.3) is 22.0 Å². The fraction of sp³-hybridized carbons (Fsp3) is 0.409. The first-order valence-electron chi connectivity index (χ1n) is 9.97. The molecule has 4 atom stereocenters. The predicted octanol–water partition coefficient (Wildman–Crippen LogP) is 3.61. The fourth-order valence-electron chi connectivity index (χ4n) is 4.76. The lowest BCUT2D eigenvalue weighted by Gasteiger charge is -2.31. The Morgan fingerprint density at radius 1 is 1.17 bits per heavy atom. The number of nitrogens with zero attached hydrogens (tertiary/aromatic N) is 3. The van der Waals surface area contributed by atoms with Crippen molar-refractivity contribution in [3.05, 3.63) is 46.9 Å². The van der Waals surface area contributed by atoms with Crippen LogP contribution in [-0.2, 0) is 7.05 Å². The van der Waals surface area contributed by atoms with E-state index in [0.29, 0.717) is 27.9 Å². The molecule has 1 aromatic carbocycles. The number of aryl methyl sites for hydroxylation is 1. The number of rotatable bonds is 3. The molecule has 2 bridgehead atoms. The van der Waals surface area contributed by atoms with Gasteiger partial charge in [0, 0.05) is 30.3 Å². The smallest absolute Gasteiger partial charge is 0.258 e. The third kappa shape index (κ3) is 3.14. The molecule has 2 aromatic heterocycles. The van der Waals surface area contributed by atoms with Gasteiger partial charge in [-0.2, -0.15) is 0 Å².